The number of unbranched alkanes of at least 4 members (excludes halogenated alkanes) is 1. The molecule has 0 spiro atoms. The number of amides is 4. The molecule has 0 radical (unpaired) electrons. The van der Waals surface area contributed by atoms with Gasteiger partial charge in [-0.1, -0.05) is 44.8 Å². The molecule has 0 bridgehead atoms. The van der Waals surface area contributed by atoms with Gasteiger partial charge >= 0.3 is 5.97 Å². The first kappa shape index (κ1) is 49.4. The van der Waals surface area contributed by atoms with Crippen LogP contribution in [0.1, 0.15) is 87.1 Å². The van der Waals surface area contributed by atoms with Crippen LogP contribution in [-0.2, 0) is 52.2 Å². The van der Waals surface area contributed by atoms with Crippen LogP contribution >= 0.6 is 12.2 Å². The molecule has 3 aromatic heterocycles. The van der Waals surface area contributed by atoms with E-state index in [1.54, 1.807) is 42.1 Å². The molecule has 0 saturated carbocycles. The monoisotopic (exact) mass is 977 g/mol. The first-order chi connectivity index (χ1) is 33.6. The lowest BCUT2D eigenvalue weighted by Crippen LogP contribution is -2.66. The van der Waals surface area contributed by atoms with Crippen LogP contribution < -0.4 is 36.3 Å². The number of cyclic esters (lactones) is 1. The number of benzene rings is 1. The van der Waals surface area contributed by atoms with Gasteiger partial charge in [-0.25, -0.2) is 14.8 Å². The average Bonchev–Trinajstić information content (AvgIpc) is 3.97. The molecule has 0 unspecified atom stereocenters. The van der Waals surface area contributed by atoms with Gasteiger partial charge in [-0.15, -0.1) is 0 Å². The first-order valence-electron chi connectivity index (χ1n) is 23.2. The summed E-state index contributed by atoms with van der Waals surface area (Å²) in [5, 5.41) is 23.2. The van der Waals surface area contributed by atoms with E-state index < -0.39 is 40.9 Å². The molecule has 4 aromatic rings. The summed E-state index contributed by atoms with van der Waals surface area (Å²) in [5.41, 5.74) is 0.390. The summed E-state index contributed by atoms with van der Waals surface area (Å²) in [6, 6.07) is 4.33. The molecule has 6 N–H and O–H groups in total. The van der Waals surface area contributed by atoms with Gasteiger partial charge < -0.3 is 59.8 Å². The molecule has 2 atom stereocenters. The van der Waals surface area contributed by atoms with E-state index >= 15 is 0 Å². The highest BCUT2D eigenvalue weighted by Gasteiger charge is 2.46. The summed E-state index contributed by atoms with van der Waals surface area (Å²) < 4.78 is 24.2. The SMILES string of the molecule is CC[C@@]1(O)C(=O)OCc2c1cc1n(c2=O)Cc2c-1nc1cc3c(cc1c2/C=C/COCNC(=O)CNC(=O)C1(NC(=O)[C@@H](NC(=O)CCCC#Cc2cnc(=S)[nH]c2)C(C)C)CCN(C)CC1)OCO3. The second-order valence-corrected chi connectivity index (χ2v) is 18.4. The summed E-state index contributed by atoms with van der Waals surface area (Å²) in [5.74, 6) is 4.09. The predicted molar refractivity (Wildman–Crippen MR) is 256 cm³/mol. The highest BCUT2D eigenvalue weighted by Crippen LogP contribution is 2.43. The molecule has 8 rings (SSSR count). The Bertz CT molecular complexity index is 2950. The Morgan fingerprint density at radius 1 is 1.06 bits per heavy atom. The molecule has 7 heterocycles. The smallest absolute Gasteiger partial charge is 0.343 e. The Balaban J connectivity index is 0.867. The number of carbonyl (C=O) groups is 5. The summed E-state index contributed by atoms with van der Waals surface area (Å²) in [6.07, 6.45) is 8.49. The summed E-state index contributed by atoms with van der Waals surface area (Å²) in [7, 11) is 1.92. The number of nitrogens with one attached hydrogen (secondary N) is 5. The number of aliphatic hydroxyl groups is 1. The van der Waals surface area contributed by atoms with E-state index in [0.717, 1.165) is 16.5 Å². The number of nitrogens with zero attached hydrogens (tertiary/aromatic N) is 4. The van der Waals surface area contributed by atoms with Crippen molar-refractivity contribution in [2.75, 3.05) is 46.8 Å². The molecule has 4 amide bonds. The molecule has 4 aliphatic rings. The molecule has 4 aliphatic heterocycles. The lowest BCUT2D eigenvalue weighted by Gasteiger charge is -2.41. The van der Waals surface area contributed by atoms with Crippen LogP contribution in [0.25, 0.3) is 28.4 Å². The van der Waals surface area contributed by atoms with E-state index in [4.69, 9.17) is 36.1 Å². The Kier molecular flexibility index (Phi) is 14.8. The van der Waals surface area contributed by atoms with E-state index in [1.807, 2.05) is 37.9 Å². The number of piperidine rings is 1. The van der Waals surface area contributed by atoms with Gasteiger partial charge in [0, 0.05) is 60.9 Å². The van der Waals surface area contributed by atoms with Crippen molar-refractivity contribution in [3.63, 3.8) is 0 Å². The van der Waals surface area contributed by atoms with Crippen LogP contribution in [0.15, 0.2) is 41.5 Å². The zero-order chi connectivity index (χ0) is 49.7. The largest absolute Gasteiger partial charge is 0.458 e. The highest BCUT2D eigenvalue weighted by molar-refractivity contribution is 7.71. The number of rotatable bonds is 16. The first-order valence-corrected chi connectivity index (χ1v) is 23.6. The van der Waals surface area contributed by atoms with E-state index in [2.05, 4.69) is 43.1 Å². The lowest BCUT2D eigenvalue weighted by atomic mass is 9.85. The van der Waals surface area contributed by atoms with Crippen molar-refractivity contribution in [2.45, 2.75) is 89.6 Å². The third-order valence-corrected chi connectivity index (χ3v) is 13.2. The van der Waals surface area contributed by atoms with Crippen molar-refractivity contribution >= 4 is 58.8 Å². The number of fused-ring (bicyclic) bond motifs is 6. The Hall–Kier alpha value is -6.99. The normalized spacial score (nSPS) is 18.0. The zero-order valence-corrected chi connectivity index (χ0v) is 40.1. The fourth-order valence-corrected chi connectivity index (χ4v) is 9.03. The molecule has 368 valence electrons. The number of likely N-dealkylation sites (tertiary alicyclic amines) is 1. The topological polar surface area (TPSA) is 257 Å². The van der Waals surface area contributed by atoms with Crippen LogP contribution in [0, 0.1) is 22.5 Å². The van der Waals surface area contributed by atoms with E-state index in [9.17, 15) is 33.9 Å². The fourth-order valence-electron chi connectivity index (χ4n) is 8.92. The highest BCUT2D eigenvalue weighted by atomic mass is 32.1. The molecule has 1 aromatic carbocycles. The average molecular weight is 978 g/mol. The standard InChI is InChI=1S/C49H55N9O11S/c1-5-49(65)34-19-36-42-32(24-58(36)44(62)33(34)25-67-46(49)64)30(31-18-37-38(69-27-68-37)20-35(31)54-42)11-9-17-66-26-53-40(60)23-50-45(63)48(13-15-57(4)16-14-48)56-43(61)41(28(2)3)55-39(59)12-8-6-7-10-29-21-51-47(70)52-22-29/h9,11,18-22,28,41,65H,5-6,8,12-17,23-27H2,1-4H3,(H,50,63)(H,53,60)(H,55,59)(H,56,61)(H,51,52,70)/b11-9+/t41-,49-/m0/s1. The maximum absolute atomic E-state index is 13.9. The lowest BCUT2D eigenvalue weighted by molar-refractivity contribution is -0.172. The molecular formula is C49H55N9O11S. The molecule has 70 heavy (non-hydrogen) atoms. The third-order valence-electron chi connectivity index (χ3n) is 13.0. The van der Waals surface area contributed by atoms with Crippen molar-refractivity contribution in [3.05, 3.63) is 79.6 Å². The van der Waals surface area contributed by atoms with E-state index in [-0.39, 0.29) is 81.2 Å². The Morgan fingerprint density at radius 2 is 1.83 bits per heavy atom. The van der Waals surface area contributed by atoms with Crippen molar-refractivity contribution in [2.24, 2.45) is 5.92 Å². The molecule has 1 fully saturated rings. The number of H-pyrrole nitrogens is 1. The Morgan fingerprint density at radius 3 is 2.56 bits per heavy atom. The molecular weight excluding hydrogens is 923 g/mol. The fraction of sp³-hybridized carbons (Fsp3) is 0.449. The van der Waals surface area contributed by atoms with Crippen molar-refractivity contribution in [1.29, 1.82) is 0 Å². The maximum Gasteiger partial charge on any atom is 0.343 e. The molecule has 20 nitrogen and oxygen atoms in total. The minimum atomic E-state index is -1.98. The van der Waals surface area contributed by atoms with Crippen LogP contribution in [0.3, 0.4) is 0 Å². The number of ether oxygens (including phenoxy) is 4. The number of esters is 1. The van der Waals surface area contributed by atoms with Gasteiger partial charge in [0.1, 0.15) is 24.9 Å². The number of hydrogen-bond acceptors (Lipinski definition) is 15. The van der Waals surface area contributed by atoms with Gasteiger partial charge in [0.15, 0.2) is 21.9 Å². The zero-order valence-electron chi connectivity index (χ0n) is 39.3. The van der Waals surface area contributed by atoms with Crippen molar-refractivity contribution in [1.82, 2.24) is 45.7 Å². The predicted octanol–water partition coefficient (Wildman–Crippen LogP) is 2.42. The number of pyridine rings is 2. The third kappa shape index (κ3) is 10.3. The minimum Gasteiger partial charge on any atom is -0.458 e. The van der Waals surface area contributed by atoms with Crippen LogP contribution in [0.5, 0.6) is 11.5 Å². The molecule has 1 saturated heterocycles. The number of hydrogen-bond donors (Lipinski definition) is 6. The van der Waals surface area contributed by atoms with Gasteiger partial charge in [0.25, 0.3) is 5.56 Å². The van der Waals surface area contributed by atoms with Crippen molar-refractivity contribution < 1.29 is 48.0 Å². The maximum atomic E-state index is 13.9. The number of carbonyl (C=O) groups excluding carboxylic acids is 5. The summed E-state index contributed by atoms with van der Waals surface area (Å²) >= 11 is 4.95. The van der Waals surface area contributed by atoms with Crippen LogP contribution in [0.2, 0.25) is 0 Å². The summed E-state index contributed by atoms with van der Waals surface area (Å²) in [4.78, 5) is 94.0. The van der Waals surface area contributed by atoms with Gasteiger partial charge in [-0.05, 0) is 68.6 Å². The van der Waals surface area contributed by atoms with E-state index in [1.165, 1.54) is 0 Å². The number of aromatic amines is 1. The van der Waals surface area contributed by atoms with Gasteiger partial charge in [-0.2, -0.15) is 0 Å². The van der Waals surface area contributed by atoms with Gasteiger partial charge in [0.05, 0.1) is 47.7 Å². The van der Waals surface area contributed by atoms with Crippen molar-refractivity contribution in [3.8, 4) is 34.7 Å². The summed E-state index contributed by atoms with van der Waals surface area (Å²) in [6.45, 7) is 5.76. The second-order valence-electron chi connectivity index (χ2n) is 18.0. The van der Waals surface area contributed by atoms with Crippen LogP contribution in [0.4, 0.5) is 0 Å². The van der Waals surface area contributed by atoms with Crippen LogP contribution in [-0.4, -0.2) is 118 Å². The van der Waals surface area contributed by atoms with Gasteiger partial charge in [0.2, 0.25) is 30.4 Å². The van der Waals surface area contributed by atoms with Gasteiger partial charge in [-0.3, -0.25) is 24.0 Å². The molecule has 0 aliphatic carbocycles. The second kappa shape index (κ2) is 20.9. The Labute approximate surface area is 407 Å². The van der Waals surface area contributed by atoms with E-state index in [0.29, 0.717) is 77.5 Å². The number of aromatic nitrogens is 4. The molecule has 21 heteroatoms. The quantitative estimate of drug-likeness (QED) is 0.0273. The minimum absolute atomic E-state index is 0.0122.